The lowest BCUT2D eigenvalue weighted by atomic mass is 10.1. The summed E-state index contributed by atoms with van der Waals surface area (Å²) in [6.07, 6.45) is 4.54. The highest BCUT2D eigenvalue weighted by atomic mass is 14.8. The van der Waals surface area contributed by atoms with Gasteiger partial charge in [0, 0.05) is 23.9 Å². The average Bonchev–Trinajstić information content (AvgIpc) is 2.68. The van der Waals surface area contributed by atoms with Crippen LogP contribution >= 0.6 is 0 Å². The molecule has 0 amide bonds. The molecular formula is C8H11N3. The van der Waals surface area contributed by atoms with Gasteiger partial charge in [-0.3, -0.25) is 0 Å². The van der Waals surface area contributed by atoms with Crippen LogP contribution in [0.3, 0.4) is 0 Å². The first-order valence-electron chi connectivity index (χ1n) is 3.81. The predicted molar refractivity (Wildman–Crippen MR) is 42.1 cm³/mol. The van der Waals surface area contributed by atoms with Crippen molar-refractivity contribution in [2.24, 2.45) is 5.73 Å². The maximum Gasteiger partial charge on any atom is 0.115 e. The summed E-state index contributed by atoms with van der Waals surface area (Å²) in [5.41, 5.74) is 8.00. The van der Waals surface area contributed by atoms with Crippen LogP contribution in [0.2, 0.25) is 0 Å². The number of aromatic nitrogens is 2. The molecule has 1 aliphatic rings. The molecule has 1 saturated carbocycles. The molecular weight excluding hydrogens is 138 g/mol. The van der Waals surface area contributed by atoms with Crippen LogP contribution in [0.25, 0.3) is 0 Å². The second-order valence-electron chi connectivity index (χ2n) is 3.07. The zero-order chi connectivity index (χ0) is 7.84. The molecule has 2 atom stereocenters. The molecule has 2 unspecified atom stereocenters. The molecule has 1 heterocycles. The molecule has 3 nitrogen and oxygen atoms in total. The Morgan fingerprint density at radius 3 is 2.91 bits per heavy atom. The van der Waals surface area contributed by atoms with Crippen molar-refractivity contribution >= 4 is 0 Å². The van der Waals surface area contributed by atoms with Crippen LogP contribution in [0.4, 0.5) is 0 Å². The minimum atomic E-state index is 0.347. The Hall–Kier alpha value is -0.960. The van der Waals surface area contributed by atoms with Gasteiger partial charge < -0.3 is 5.73 Å². The van der Waals surface area contributed by atoms with Gasteiger partial charge in [-0.15, -0.1) is 0 Å². The first-order chi connectivity index (χ1) is 5.29. The molecule has 11 heavy (non-hydrogen) atoms. The van der Waals surface area contributed by atoms with E-state index in [0.29, 0.717) is 12.0 Å². The van der Waals surface area contributed by atoms with Crippen molar-refractivity contribution in [2.75, 3.05) is 0 Å². The second-order valence-corrected chi connectivity index (χ2v) is 3.07. The monoisotopic (exact) mass is 149 g/mol. The lowest BCUT2D eigenvalue weighted by Gasteiger charge is -1.99. The molecule has 2 rings (SSSR count). The Balaban J connectivity index is 2.31. The van der Waals surface area contributed by atoms with Crippen LogP contribution < -0.4 is 5.73 Å². The molecule has 0 spiro atoms. The SMILES string of the molecule is Cc1ncncc1C1CC1N. The van der Waals surface area contributed by atoms with E-state index < -0.39 is 0 Å². The topological polar surface area (TPSA) is 51.8 Å². The van der Waals surface area contributed by atoms with Gasteiger partial charge in [0.25, 0.3) is 0 Å². The van der Waals surface area contributed by atoms with Gasteiger partial charge in [-0.25, -0.2) is 9.97 Å². The number of rotatable bonds is 1. The third-order valence-corrected chi connectivity index (χ3v) is 2.19. The Labute approximate surface area is 65.7 Å². The fraction of sp³-hybridized carbons (Fsp3) is 0.500. The maximum atomic E-state index is 5.71. The smallest absolute Gasteiger partial charge is 0.115 e. The van der Waals surface area contributed by atoms with E-state index in [2.05, 4.69) is 9.97 Å². The molecule has 58 valence electrons. The molecule has 0 aliphatic heterocycles. The summed E-state index contributed by atoms with van der Waals surface area (Å²) < 4.78 is 0. The number of hydrogen-bond acceptors (Lipinski definition) is 3. The lowest BCUT2D eigenvalue weighted by Crippen LogP contribution is -2.02. The van der Waals surface area contributed by atoms with Crippen LogP contribution in [0, 0.1) is 6.92 Å². The standard InChI is InChI=1S/C8H11N3/c1-5-7(3-10-4-11-5)6-2-8(6)9/h3-4,6,8H,2,9H2,1H3. The van der Waals surface area contributed by atoms with Crippen molar-refractivity contribution in [1.29, 1.82) is 0 Å². The largest absolute Gasteiger partial charge is 0.327 e. The van der Waals surface area contributed by atoms with Crippen molar-refractivity contribution in [2.45, 2.75) is 25.3 Å². The van der Waals surface area contributed by atoms with Crippen molar-refractivity contribution < 1.29 is 0 Å². The van der Waals surface area contributed by atoms with Crippen molar-refractivity contribution in [3.8, 4) is 0 Å². The van der Waals surface area contributed by atoms with Gasteiger partial charge in [-0.2, -0.15) is 0 Å². The molecule has 1 fully saturated rings. The average molecular weight is 149 g/mol. The van der Waals surface area contributed by atoms with Crippen LogP contribution in [-0.2, 0) is 0 Å². The Morgan fingerprint density at radius 2 is 2.36 bits per heavy atom. The number of nitrogens with zero attached hydrogens (tertiary/aromatic N) is 2. The van der Waals surface area contributed by atoms with E-state index in [-0.39, 0.29) is 0 Å². The van der Waals surface area contributed by atoms with Gasteiger partial charge in [0.15, 0.2) is 0 Å². The number of hydrogen-bond donors (Lipinski definition) is 1. The van der Waals surface area contributed by atoms with Crippen molar-refractivity contribution in [3.63, 3.8) is 0 Å². The van der Waals surface area contributed by atoms with Gasteiger partial charge in [-0.05, 0) is 18.9 Å². The third-order valence-electron chi connectivity index (χ3n) is 2.19. The summed E-state index contributed by atoms with van der Waals surface area (Å²) in [5, 5.41) is 0. The van der Waals surface area contributed by atoms with Gasteiger partial charge in [0.05, 0.1) is 0 Å². The molecule has 0 saturated heterocycles. The van der Waals surface area contributed by atoms with Gasteiger partial charge in [0.1, 0.15) is 6.33 Å². The number of aryl methyl sites for hydroxylation is 1. The van der Waals surface area contributed by atoms with Crippen LogP contribution in [0.15, 0.2) is 12.5 Å². The van der Waals surface area contributed by atoms with E-state index >= 15 is 0 Å². The van der Waals surface area contributed by atoms with Crippen LogP contribution in [-0.4, -0.2) is 16.0 Å². The first-order valence-corrected chi connectivity index (χ1v) is 3.81. The van der Waals surface area contributed by atoms with Crippen molar-refractivity contribution in [3.05, 3.63) is 23.8 Å². The molecule has 0 radical (unpaired) electrons. The predicted octanol–water partition coefficient (Wildman–Crippen LogP) is 0.600. The molecule has 1 aromatic heterocycles. The third kappa shape index (κ3) is 1.12. The van der Waals surface area contributed by atoms with E-state index in [4.69, 9.17) is 5.73 Å². The van der Waals surface area contributed by atoms with E-state index in [1.165, 1.54) is 5.56 Å². The Bertz CT molecular complexity index is 272. The fourth-order valence-electron chi connectivity index (χ4n) is 1.34. The van der Waals surface area contributed by atoms with Crippen LogP contribution in [0.1, 0.15) is 23.6 Å². The van der Waals surface area contributed by atoms with Gasteiger partial charge >= 0.3 is 0 Å². The highest BCUT2D eigenvalue weighted by Gasteiger charge is 2.36. The quantitative estimate of drug-likeness (QED) is 0.636. The minimum absolute atomic E-state index is 0.347. The van der Waals surface area contributed by atoms with E-state index in [1.807, 2.05) is 13.1 Å². The first kappa shape index (κ1) is 6.73. The fourth-order valence-corrected chi connectivity index (χ4v) is 1.34. The van der Waals surface area contributed by atoms with E-state index in [0.717, 1.165) is 12.1 Å². The van der Waals surface area contributed by atoms with Crippen molar-refractivity contribution in [1.82, 2.24) is 9.97 Å². The number of nitrogens with two attached hydrogens (primary N) is 1. The highest BCUT2D eigenvalue weighted by molar-refractivity contribution is 5.27. The lowest BCUT2D eigenvalue weighted by molar-refractivity contribution is 0.936. The summed E-state index contributed by atoms with van der Waals surface area (Å²) in [7, 11) is 0. The molecule has 0 aromatic carbocycles. The molecule has 2 N–H and O–H groups in total. The summed E-state index contributed by atoms with van der Waals surface area (Å²) in [4.78, 5) is 8.08. The molecule has 1 aromatic rings. The summed E-state index contributed by atoms with van der Waals surface area (Å²) in [6.45, 7) is 2.00. The summed E-state index contributed by atoms with van der Waals surface area (Å²) in [5.74, 6) is 0.524. The van der Waals surface area contributed by atoms with Gasteiger partial charge in [0.2, 0.25) is 0 Å². The zero-order valence-corrected chi connectivity index (χ0v) is 6.49. The summed E-state index contributed by atoms with van der Waals surface area (Å²) in [6, 6.07) is 0.347. The Morgan fingerprint density at radius 1 is 1.64 bits per heavy atom. The van der Waals surface area contributed by atoms with E-state index in [9.17, 15) is 0 Å². The second kappa shape index (κ2) is 2.27. The van der Waals surface area contributed by atoms with Crippen LogP contribution in [0.5, 0.6) is 0 Å². The van der Waals surface area contributed by atoms with E-state index in [1.54, 1.807) is 6.33 Å². The zero-order valence-electron chi connectivity index (χ0n) is 6.49. The molecule has 1 aliphatic carbocycles. The normalized spacial score (nSPS) is 28.5. The highest BCUT2D eigenvalue weighted by Crippen LogP contribution is 2.39. The summed E-state index contributed by atoms with van der Waals surface area (Å²) >= 11 is 0. The molecule has 0 bridgehead atoms. The minimum Gasteiger partial charge on any atom is -0.327 e. The maximum absolute atomic E-state index is 5.71. The Kier molecular flexibility index (Phi) is 1.39. The molecule has 3 heteroatoms. The van der Waals surface area contributed by atoms with Gasteiger partial charge in [-0.1, -0.05) is 0 Å².